The maximum absolute atomic E-state index is 14.2. The van der Waals surface area contributed by atoms with Crippen LogP contribution >= 0.6 is 0 Å². The summed E-state index contributed by atoms with van der Waals surface area (Å²) in [6.45, 7) is 1.80. The predicted molar refractivity (Wildman–Crippen MR) is 68.8 cm³/mol. The average Bonchev–Trinajstić information content (AvgIpc) is 2.45. The van der Waals surface area contributed by atoms with Crippen molar-refractivity contribution in [2.45, 2.75) is 19.3 Å². The lowest BCUT2D eigenvalue weighted by atomic mass is 9.90. The lowest BCUT2D eigenvalue weighted by Crippen LogP contribution is -2.29. The second-order valence-corrected chi connectivity index (χ2v) is 4.79. The lowest BCUT2D eigenvalue weighted by Gasteiger charge is -2.23. The van der Waals surface area contributed by atoms with E-state index in [0.717, 1.165) is 25.9 Å². The summed E-state index contributed by atoms with van der Waals surface area (Å²) >= 11 is 0. The van der Waals surface area contributed by atoms with Gasteiger partial charge in [-0.3, -0.25) is 0 Å². The van der Waals surface area contributed by atoms with Crippen molar-refractivity contribution in [3.05, 3.63) is 23.3 Å². The van der Waals surface area contributed by atoms with E-state index >= 15 is 0 Å². The molecule has 1 saturated heterocycles. The Morgan fingerprint density at radius 3 is 2.11 bits per heavy atom. The van der Waals surface area contributed by atoms with Crippen molar-refractivity contribution in [2.75, 3.05) is 27.3 Å². The smallest absolute Gasteiger partial charge is 0.171 e. The highest BCUT2D eigenvalue weighted by molar-refractivity contribution is 5.42. The zero-order chi connectivity index (χ0) is 13.8. The first-order chi connectivity index (χ1) is 9.17. The third-order valence-electron chi connectivity index (χ3n) is 3.62. The summed E-state index contributed by atoms with van der Waals surface area (Å²) in [6.07, 6.45) is 2.24. The Hall–Kier alpha value is -1.36. The Bertz CT molecular complexity index is 417. The summed E-state index contributed by atoms with van der Waals surface area (Å²) in [5, 5.41) is 3.24. The van der Waals surface area contributed by atoms with Crippen LogP contribution in [0.5, 0.6) is 11.5 Å². The first-order valence-corrected chi connectivity index (χ1v) is 6.47. The van der Waals surface area contributed by atoms with E-state index in [1.165, 1.54) is 20.3 Å². The fourth-order valence-electron chi connectivity index (χ4n) is 2.49. The van der Waals surface area contributed by atoms with Gasteiger partial charge in [0.2, 0.25) is 0 Å². The number of methoxy groups -OCH3 is 2. The number of ether oxygens (including phenoxy) is 2. The van der Waals surface area contributed by atoms with E-state index < -0.39 is 11.6 Å². The van der Waals surface area contributed by atoms with E-state index in [-0.39, 0.29) is 17.1 Å². The van der Waals surface area contributed by atoms with Crippen molar-refractivity contribution >= 4 is 0 Å². The molecule has 5 heteroatoms. The van der Waals surface area contributed by atoms with Crippen LogP contribution in [0.4, 0.5) is 8.78 Å². The van der Waals surface area contributed by atoms with Gasteiger partial charge in [0.25, 0.3) is 0 Å². The highest BCUT2D eigenvalue weighted by Gasteiger charge is 2.23. The molecule has 1 aromatic rings. The van der Waals surface area contributed by atoms with Gasteiger partial charge in [0.1, 0.15) is 0 Å². The molecule has 0 aliphatic carbocycles. The van der Waals surface area contributed by atoms with Gasteiger partial charge in [-0.1, -0.05) is 0 Å². The number of rotatable bonds is 4. The molecule has 2 rings (SSSR count). The standard InChI is InChI=1S/C14H19F2NO2/c1-18-11-8-12(19-2)14(16)10(13(11)15)7-9-3-5-17-6-4-9/h8-9,17H,3-7H2,1-2H3. The molecule has 1 fully saturated rings. The molecule has 0 amide bonds. The number of nitrogens with one attached hydrogen (secondary N) is 1. The van der Waals surface area contributed by atoms with E-state index in [4.69, 9.17) is 9.47 Å². The first-order valence-electron chi connectivity index (χ1n) is 6.47. The van der Waals surface area contributed by atoms with Crippen LogP contribution in [0.3, 0.4) is 0 Å². The van der Waals surface area contributed by atoms with E-state index in [1.807, 2.05) is 0 Å². The number of halogens is 2. The van der Waals surface area contributed by atoms with Crippen LogP contribution in [0, 0.1) is 17.6 Å². The zero-order valence-corrected chi connectivity index (χ0v) is 11.3. The molecule has 1 aliphatic rings. The van der Waals surface area contributed by atoms with Crippen LogP contribution in [0.2, 0.25) is 0 Å². The molecule has 0 bridgehead atoms. The van der Waals surface area contributed by atoms with Gasteiger partial charge in [-0.15, -0.1) is 0 Å². The minimum atomic E-state index is -0.612. The van der Waals surface area contributed by atoms with Gasteiger partial charge in [0.15, 0.2) is 23.1 Å². The van der Waals surface area contributed by atoms with Crippen LogP contribution < -0.4 is 14.8 Å². The summed E-state index contributed by atoms with van der Waals surface area (Å²) in [6, 6.07) is 1.25. The first kappa shape index (κ1) is 14.1. The highest BCUT2D eigenvalue weighted by Crippen LogP contribution is 2.33. The molecule has 0 unspecified atom stereocenters. The van der Waals surface area contributed by atoms with Gasteiger partial charge < -0.3 is 14.8 Å². The van der Waals surface area contributed by atoms with E-state index in [9.17, 15) is 8.78 Å². The minimum absolute atomic E-state index is 0.0298. The Balaban J connectivity index is 2.31. The van der Waals surface area contributed by atoms with E-state index in [2.05, 4.69) is 5.32 Å². The molecule has 1 aromatic carbocycles. The van der Waals surface area contributed by atoms with Gasteiger partial charge in [-0.2, -0.15) is 0 Å². The minimum Gasteiger partial charge on any atom is -0.494 e. The van der Waals surface area contributed by atoms with E-state index in [0.29, 0.717) is 12.3 Å². The highest BCUT2D eigenvalue weighted by atomic mass is 19.1. The summed E-state index contributed by atoms with van der Waals surface area (Å²) < 4.78 is 38.2. The van der Waals surface area contributed by atoms with Crippen molar-refractivity contribution in [3.8, 4) is 11.5 Å². The van der Waals surface area contributed by atoms with Crippen LogP contribution in [0.15, 0.2) is 6.07 Å². The Morgan fingerprint density at radius 2 is 1.63 bits per heavy atom. The van der Waals surface area contributed by atoms with Crippen LogP contribution in [0.1, 0.15) is 18.4 Å². The van der Waals surface area contributed by atoms with Crippen LogP contribution in [-0.4, -0.2) is 27.3 Å². The fraction of sp³-hybridized carbons (Fsp3) is 0.571. The Kier molecular flexibility index (Phi) is 4.58. The molecular weight excluding hydrogens is 252 g/mol. The number of hydrogen-bond acceptors (Lipinski definition) is 3. The van der Waals surface area contributed by atoms with Crippen LogP contribution in [-0.2, 0) is 6.42 Å². The summed E-state index contributed by atoms with van der Waals surface area (Å²) in [7, 11) is 2.73. The molecule has 106 valence electrons. The quantitative estimate of drug-likeness (QED) is 0.912. The maximum atomic E-state index is 14.2. The zero-order valence-electron chi connectivity index (χ0n) is 11.3. The van der Waals surface area contributed by atoms with Crippen LogP contribution in [0.25, 0.3) is 0 Å². The molecule has 1 aliphatic heterocycles. The number of benzene rings is 1. The van der Waals surface area contributed by atoms with Gasteiger partial charge in [0.05, 0.1) is 14.2 Å². The van der Waals surface area contributed by atoms with Crippen molar-refractivity contribution in [2.24, 2.45) is 5.92 Å². The number of piperidine rings is 1. The largest absolute Gasteiger partial charge is 0.494 e. The van der Waals surface area contributed by atoms with Crippen molar-refractivity contribution in [1.82, 2.24) is 5.32 Å². The molecule has 0 atom stereocenters. The topological polar surface area (TPSA) is 30.5 Å². The third kappa shape index (κ3) is 2.97. The molecule has 3 nitrogen and oxygen atoms in total. The fourth-order valence-corrected chi connectivity index (χ4v) is 2.49. The van der Waals surface area contributed by atoms with Gasteiger partial charge >= 0.3 is 0 Å². The van der Waals surface area contributed by atoms with Crippen molar-refractivity contribution < 1.29 is 18.3 Å². The predicted octanol–water partition coefficient (Wildman–Crippen LogP) is 2.52. The average molecular weight is 271 g/mol. The molecule has 0 spiro atoms. The van der Waals surface area contributed by atoms with Gasteiger partial charge in [0, 0.05) is 11.6 Å². The molecule has 1 heterocycles. The Morgan fingerprint density at radius 1 is 1.11 bits per heavy atom. The molecule has 0 aromatic heterocycles. The van der Waals surface area contributed by atoms with Crippen molar-refractivity contribution in [3.63, 3.8) is 0 Å². The monoisotopic (exact) mass is 271 g/mol. The third-order valence-corrected chi connectivity index (χ3v) is 3.62. The normalized spacial score (nSPS) is 16.4. The SMILES string of the molecule is COc1cc(OC)c(F)c(CC2CCNCC2)c1F. The molecule has 0 radical (unpaired) electrons. The lowest BCUT2D eigenvalue weighted by molar-refractivity contribution is 0.335. The van der Waals surface area contributed by atoms with Crippen molar-refractivity contribution in [1.29, 1.82) is 0 Å². The molecule has 0 saturated carbocycles. The second-order valence-electron chi connectivity index (χ2n) is 4.79. The second kappa shape index (κ2) is 6.19. The van der Waals surface area contributed by atoms with Gasteiger partial charge in [-0.25, -0.2) is 8.78 Å². The molecule has 1 N–H and O–H groups in total. The summed E-state index contributed by atoms with van der Waals surface area (Å²) in [4.78, 5) is 0. The number of hydrogen-bond donors (Lipinski definition) is 1. The van der Waals surface area contributed by atoms with E-state index in [1.54, 1.807) is 0 Å². The Labute approximate surface area is 111 Å². The molecular formula is C14H19F2NO2. The maximum Gasteiger partial charge on any atom is 0.171 e. The molecule has 19 heavy (non-hydrogen) atoms. The van der Waals surface area contributed by atoms with Gasteiger partial charge in [-0.05, 0) is 38.3 Å². The summed E-state index contributed by atoms with van der Waals surface area (Å²) in [5.74, 6) is -0.870. The summed E-state index contributed by atoms with van der Waals surface area (Å²) in [5.41, 5.74) is 0.0723.